The molecule has 2 atom stereocenters. The molecule has 1 aliphatic rings. The van der Waals surface area contributed by atoms with Crippen LogP contribution in [0.4, 0.5) is 13.2 Å². The zero-order valence-electron chi connectivity index (χ0n) is 19.3. The number of hydrogen-bond donors (Lipinski definition) is 0. The van der Waals surface area contributed by atoms with Gasteiger partial charge in [-0.3, -0.25) is 4.57 Å². The third-order valence-corrected chi connectivity index (χ3v) is 9.52. The van der Waals surface area contributed by atoms with E-state index in [0.717, 1.165) is 22.1 Å². The maximum atomic E-state index is 13.9. The first-order valence-electron chi connectivity index (χ1n) is 10.6. The Balaban J connectivity index is 2.64. The molecule has 0 amide bonds. The molecule has 32 heavy (non-hydrogen) atoms. The smallest absolute Gasteiger partial charge is 0.362 e. The minimum absolute atomic E-state index is 0.192. The Hall–Kier alpha value is -0.440. The van der Waals surface area contributed by atoms with E-state index in [1.165, 1.54) is 35.7 Å². The van der Waals surface area contributed by atoms with Gasteiger partial charge in [0.15, 0.2) is 0 Å². The molecule has 1 aliphatic heterocycles. The summed E-state index contributed by atoms with van der Waals surface area (Å²) in [6.07, 6.45) is -3.98. The number of benzene rings is 1. The zero-order valence-corrected chi connectivity index (χ0v) is 21.9. The van der Waals surface area contributed by atoms with E-state index in [2.05, 4.69) is 0 Å². The molecule has 1 heterocycles. The van der Waals surface area contributed by atoms with E-state index >= 15 is 0 Å². The van der Waals surface area contributed by atoms with Crippen LogP contribution in [0.3, 0.4) is 0 Å². The Bertz CT molecular complexity index is 825. The molecule has 4 nitrogen and oxygen atoms in total. The Labute approximate surface area is 197 Å². The van der Waals surface area contributed by atoms with Crippen LogP contribution < -0.4 is 0 Å². The van der Waals surface area contributed by atoms with Crippen molar-refractivity contribution in [2.45, 2.75) is 71.1 Å². The Morgan fingerprint density at radius 1 is 1.06 bits per heavy atom. The van der Waals surface area contributed by atoms with Gasteiger partial charge in [0, 0.05) is 5.92 Å². The molecular formula is C22H32F3O4PS2. The van der Waals surface area contributed by atoms with Crippen molar-refractivity contribution in [3.63, 3.8) is 0 Å². The monoisotopic (exact) mass is 512 g/mol. The van der Waals surface area contributed by atoms with Gasteiger partial charge >= 0.3 is 13.8 Å². The van der Waals surface area contributed by atoms with Crippen LogP contribution in [-0.2, 0) is 24.5 Å². The summed E-state index contributed by atoms with van der Waals surface area (Å²) in [6.45, 7) is 11.7. The first kappa shape index (κ1) is 27.8. The van der Waals surface area contributed by atoms with Gasteiger partial charge in [0.2, 0.25) is 0 Å². The largest absolute Gasteiger partial charge is 0.416 e. The highest BCUT2D eigenvalue weighted by atomic mass is 32.2. The number of alkyl halides is 3. The highest BCUT2D eigenvalue weighted by molar-refractivity contribution is 8.22. The molecule has 10 heteroatoms. The molecule has 0 saturated heterocycles. The van der Waals surface area contributed by atoms with Crippen LogP contribution in [-0.4, -0.2) is 30.0 Å². The second-order valence-electron chi connectivity index (χ2n) is 8.12. The highest BCUT2D eigenvalue weighted by Gasteiger charge is 2.44. The number of allylic oxidation sites excluding steroid dienone is 1. The minimum Gasteiger partial charge on any atom is -0.362 e. The molecule has 182 valence electrons. The van der Waals surface area contributed by atoms with Gasteiger partial charge in [-0.1, -0.05) is 30.8 Å². The van der Waals surface area contributed by atoms with E-state index in [1.807, 2.05) is 27.7 Å². The second kappa shape index (κ2) is 11.3. The van der Waals surface area contributed by atoms with Gasteiger partial charge < -0.3 is 13.8 Å². The van der Waals surface area contributed by atoms with Gasteiger partial charge in [0.25, 0.3) is 0 Å². The van der Waals surface area contributed by atoms with Gasteiger partial charge in [0.05, 0.1) is 33.9 Å². The molecule has 2 rings (SSSR count). The summed E-state index contributed by atoms with van der Waals surface area (Å²) in [6, 6.07) is 5.03. The van der Waals surface area contributed by atoms with Gasteiger partial charge in [0.1, 0.15) is 5.44 Å². The van der Waals surface area contributed by atoms with Crippen LogP contribution in [0.25, 0.3) is 0 Å². The average Bonchev–Trinajstić information content (AvgIpc) is 2.66. The molecule has 0 N–H and O–H groups in total. The normalized spacial score (nSPS) is 20.7. The maximum absolute atomic E-state index is 13.9. The van der Waals surface area contributed by atoms with Gasteiger partial charge in [-0.2, -0.15) is 13.2 Å². The van der Waals surface area contributed by atoms with Crippen molar-refractivity contribution >= 4 is 31.1 Å². The average molecular weight is 513 g/mol. The fourth-order valence-electron chi connectivity index (χ4n) is 3.40. The quantitative estimate of drug-likeness (QED) is 0.310. The fraction of sp³-hybridized carbons (Fsp3) is 0.636. The van der Waals surface area contributed by atoms with E-state index < -0.39 is 30.9 Å². The van der Waals surface area contributed by atoms with Crippen molar-refractivity contribution in [1.82, 2.24) is 0 Å². The molecule has 0 bridgehead atoms. The van der Waals surface area contributed by atoms with Crippen LogP contribution in [0.15, 0.2) is 33.8 Å². The first-order valence-corrected chi connectivity index (χ1v) is 14.0. The topological polar surface area (TPSA) is 44.8 Å². The fourth-order valence-corrected chi connectivity index (χ4v) is 8.94. The molecule has 1 aromatic carbocycles. The number of ether oxygens (including phenoxy) is 1. The zero-order chi connectivity index (χ0) is 24.2. The summed E-state index contributed by atoms with van der Waals surface area (Å²) in [4.78, 5) is 0. The van der Waals surface area contributed by atoms with Crippen molar-refractivity contribution in [2.24, 2.45) is 0 Å². The predicted molar refractivity (Wildman–Crippen MR) is 127 cm³/mol. The Morgan fingerprint density at radius 2 is 1.62 bits per heavy atom. The molecule has 0 spiro atoms. The molecule has 0 aromatic heterocycles. The molecular weight excluding hydrogens is 480 g/mol. The van der Waals surface area contributed by atoms with Crippen LogP contribution in [0, 0.1) is 0 Å². The summed E-state index contributed by atoms with van der Waals surface area (Å²) in [5, 5.41) is 0.520. The number of thioether (sulfide) groups is 2. The third kappa shape index (κ3) is 7.28. The Morgan fingerprint density at radius 3 is 2.06 bits per heavy atom. The van der Waals surface area contributed by atoms with Crippen molar-refractivity contribution < 1.29 is 31.5 Å². The summed E-state index contributed by atoms with van der Waals surface area (Å²) in [5.41, 5.74) is -0.757. The standard InChI is InChI=1S/C22H32F3O4PS2/c1-7-27-30(26,28-8-2)19-17(15-10-12-16(13-11-15)22(23,24)25)14-18(29-21(4,5)6)32-20(19)31-9-3/h10-13,17-18H,7-9,14H2,1-6H3/t17-,18+/m0/s1. The SMILES string of the molecule is CCOP(=O)(OCC)C1=C(SCC)S[C@@H](OC(C)(C)C)C[C@H]1c1ccc(C(F)(F)F)cc1. The van der Waals surface area contributed by atoms with Crippen LogP contribution in [0.5, 0.6) is 0 Å². The van der Waals surface area contributed by atoms with Crippen molar-refractivity contribution in [1.29, 1.82) is 0 Å². The minimum atomic E-state index is -4.42. The van der Waals surface area contributed by atoms with E-state index in [-0.39, 0.29) is 18.6 Å². The molecule has 0 fully saturated rings. The van der Waals surface area contributed by atoms with E-state index in [0.29, 0.717) is 17.3 Å². The highest BCUT2D eigenvalue weighted by Crippen LogP contribution is 2.67. The first-order chi connectivity index (χ1) is 14.8. The van der Waals surface area contributed by atoms with Crippen LogP contribution in [0.2, 0.25) is 0 Å². The lowest BCUT2D eigenvalue weighted by Gasteiger charge is -2.38. The summed E-state index contributed by atoms with van der Waals surface area (Å²) in [7, 11) is -3.66. The third-order valence-electron chi connectivity index (χ3n) is 4.50. The van der Waals surface area contributed by atoms with E-state index in [9.17, 15) is 17.7 Å². The summed E-state index contributed by atoms with van der Waals surface area (Å²) < 4.78 is 71.6. The maximum Gasteiger partial charge on any atom is 0.416 e. The summed E-state index contributed by atoms with van der Waals surface area (Å²) in [5.74, 6) is 0.273. The van der Waals surface area contributed by atoms with E-state index in [1.54, 1.807) is 13.8 Å². The van der Waals surface area contributed by atoms with Gasteiger partial charge in [-0.25, -0.2) is 0 Å². The van der Waals surface area contributed by atoms with Crippen molar-refractivity contribution in [2.75, 3.05) is 19.0 Å². The lowest BCUT2D eigenvalue weighted by Crippen LogP contribution is -2.29. The lowest BCUT2D eigenvalue weighted by molar-refractivity contribution is -0.137. The number of halogens is 3. The van der Waals surface area contributed by atoms with E-state index in [4.69, 9.17) is 13.8 Å². The van der Waals surface area contributed by atoms with Crippen LogP contribution >= 0.6 is 31.1 Å². The Kier molecular flexibility index (Phi) is 9.84. The molecule has 1 aromatic rings. The molecule has 0 saturated carbocycles. The second-order valence-corrected chi connectivity index (χ2v) is 12.8. The van der Waals surface area contributed by atoms with Gasteiger partial charge in [-0.05, 0) is 64.5 Å². The number of hydrogen-bond acceptors (Lipinski definition) is 6. The van der Waals surface area contributed by atoms with Crippen LogP contribution in [0.1, 0.15) is 65.0 Å². The predicted octanol–water partition coefficient (Wildman–Crippen LogP) is 8.26. The molecule has 0 radical (unpaired) electrons. The lowest BCUT2D eigenvalue weighted by atomic mass is 9.94. The number of rotatable bonds is 9. The molecule has 0 unspecified atom stereocenters. The van der Waals surface area contributed by atoms with Crippen molar-refractivity contribution in [3.05, 3.63) is 44.9 Å². The van der Waals surface area contributed by atoms with Crippen molar-refractivity contribution in [3.8, 4) is 0 Å². The molecule has 0 aliphatic carbocycles. The summed E-state index contributed by atoms with van der Waals surface area (Å²) >= 11 is 3.01. The van der Waals surface area contributed by atoms with Gasteiger partial charge in [-0.15, -0.1) is 11.8 Å².